The second-order valence-corrected chi connectivity index (χ2v) is 6.05. The number of carbonyl (C=O) groups is 2. The van der Waals surface area contributed by atoms with E-state index in [1.807, 2.05) is 6.07 Å². The molecule has 0 spiro atoms. The molecular weight excluding hydrogens is 356 g/mol. The molecule has 3 amide bonds. The Hall–Kier alpha value is -3.16. The molecular formula is C19H19F2N3O3. The Kier molecular flexibility index (Phi) is 5.54. The van der Waals surface area contributed by atoms with Crippen molar-refractivity contribution in [2.75, 3.05) is 38.6 Å². The summed E-state index contributed by atoms with van der Waals surface area (Å²) >= 11 is 0. The molecule has 1 aliphatic heterocycles. The van der Waals surface area contributed by atoms with E-state index in [4.69, 9.17) is 0 Å². The molecule has 0 aliphatic carbocycles. The van der Waals surface area contributed by atoms with E-state index in [1.54, 1.807) is 29.2 Å². The highest BCUT2D eigenvalue weighted by atomic mass is 19.1. The number of benzene rings is 2. The van der Waals surface area contributed by atoms with Gasteiger partial charge >= 0.3 is 6.03 Å². The maximum absolute atomic E-state index is 13.7. The number of hydrogen-bond acceptors (Lipinski definition) is 3. The van der Waals surface area contributed by atoms with Gasteiger partial charge in [-0.2, -0.15) is 0 Å². The van der Waals surface area contributed by atoms with Crippen LogP contribution >= 0.6 is 0 Å². The van der Waals surface area contributed by atoms with Gasteiger partial charge in [0.25, 0.3) is 5.91 Å². The van der Waals surface area contributed by atoms with E-state index in [9.17, 15) is 18.4 Å². The van der Waals surface area contributed by atoms with E-state index in [-0.39, 0.29) is 11.6 Å². The largest absolute Gasteiger partial charge is 0.491 e. The van der Waals surface area contributed by atoms with Crippen molar-refractivity contribution in [3.8, 4) is 5.75 Å². The number of amides is 3. The van der Waals surface area contributed by atoms with E-state index >= 15 is 0 Å². The van der Waals surface area contributed by atoms with Crippen LogP contribution in [0.3, 0.4) is 0 Å². The minimum Gasteiger partial charge on any atom is -0.491 e. The molecule has 1 saturated heterocycles. The molecule has 1 fully saturated rings. The molecule has 1 heterocycles. The second kappa shape index (κ2) is 8.03. The van der Waals surface area contributed by atoms with Gasteiger partial charge in [0.05, 0.1) is 7.11 Å². The smallest absolute Gasteiger partial charge is 0.321 e. The maximum atomic E-state index is 13.7. The highest BCUT2D eigenvalue weighted by Crippen LogP contribution is 2.25. The SMILES string of the molecule is COc1c(F)cc(NC(=O)N2CCN(C(=O)c3ccccc3)CC2)cc1F. The summed E-state index contributed by atoms with van der Waals surface area (Å²) in [5, 5.41) is 2.47. The predicted octanol–water partition coefficient (Wildman–Crippen LogP) is 2.96. The molecule has 2 aromatic rings. The molecule has 0 atom stereocenters. The lowest BCUT2D eigenvalue weighted by atomic mass is 10.2. The first-order valence-corrected chi connectivity index (χ1v) is 8.43. The standard InChI is InChI=1S/C19H19F2N3O3/c1-27-17-15(20)11-14(12-16(17)21)22-19(26)24-9-7-23(8-10-24)18(25)13-5-3-2-4-6-13/h2-6,11-12H,7-10H2,1H3,(H,22,26). The van der Waals surface area contributed by atoms with Gasteiger partial charge in [0, 0.05) is 49.6 Å². The van der Waals surface area contributed by atoms with E-state index in [1.165, 1.54) is 4.90 Å². The van der Waals surface area contributed by atoms with Crippen LogP contribution in [0.5, 0.6) is 5.75 Å². The summed E-state index contributed by atoms with van der Waals surface area (Å²) in [6.45, 7) is 1.41. The van der Waals surface area contributed by atoms with Gasteiger partial charge in [0.15, 0.2) is 17.4 Å². The van der Waals surface area contributed by atoms with E-state index < -0.39 is 23.4 Å². The maximum Gasteiger partial charge on any atom is 0.321 e. The molecule has 6 nitrogen and oxygen atoms in total. The number of halogens is 2. The van der Waals surface area contributed by atoms with E-state index in [0.717, 1.165) is 19.2 Å². The first-order valence-electron chi connectivity index (χ1n) is 8.43. The number of ether oxygens (including phenoxy) is 1. The summed E-state index contributed by atoms with van der Waals surface area (Å²) in [7, 11) is 1.16. The molecule has 3 rings (SSSR count). The molecule has 142 valence electrons. The van der Waals surface area contributed by atoms with E-state index in [2.05, 4.69) is 10.1 Å². The molecule has 27 heavy (non-hydrogen) atoms. The van der Waals surface area contributed by atoms with E-state index in [0.29, 0.717) is 31.7 Å². The van der Waals surface area contributed by atoms with Crippen molar-refractivity contribution in [1.82, 2.24) is 9.80 Å². The number of piperazine rings is 1. The van der Waals surface area contributed by atoms with Crippen molar-refractivity contribution >= 4 is 17.6 Å². The van der Waals surface area contributed by atoms with Crippen LogP contribution in [0, 0.1) is 11.6 Å². The molecule has 2 aromatic carbocycles. The zero-order valence-electron chi connectivity index (χ0n) is 14.7. The molecule has 0 unspecified atom stereocenters. The minimum atomic E-state index is -0.897. The third kappa shape index (κ3) is 4.16. The lowest BCUT2D eigenvalue weighted by Crippen LogP contribution is -2.51. The molecule has 8 heteroatoms. The number of anilines is 1. The topological polar surface area (TPSA) is 61.9 Å². The number of carbonyl (C=O) groups excluding carboxylic acids is 2. The second-order valence-electron chi connectivity index (χ2n) is 6.05. The Bertz CT molecular complexity index is 814. The fourth-order valence-corrected chi connectivity index (χ4v) is 2.91. The quantitative estimate of drug-likeness (QED) is 0.897. The van der Waals surface area contributed by atoms with Gasteiger partial charge in [-0.3, -0.25) is 4.79 Å². The predicted molar refractivity (Wildman–Crippen MR) is 95.8 cm³/mol. The van der Waals surface area contributed by atoms with Crippen LogP contribution in [0.2, 0.25) is 0 Å². The van der Waals surface area contributed by atoms with Crippen LogP contribution in [0.25, 0.3) is 0 Å². The monoisotopic (exact) mass is 375 g/mol. The van der Waals surface area contributed by atoms with Crippen LogP contribution in [0.1, 0.15) is 10.4 Å². The third-order valence-corrected chi connectivity index (χ3v) is 4.33. The number of methoxy groups -OCH3 is 1. The fourth-order valence-electron chi connectivity index (χ4n) is 2.91. The molecule has 1 aliphatic rings. The first-order chi connectivity index (χ1) is 13.0. The van der Waals surface area contributed by atoms with Crippen molar-refractivity contribution in [2.24, 2.45) is 0 Å². The lowest BCUT2D eigenvalue weighted by molar-refractivity contribution is 0.0671. The number of nitrogens with zero attached hydrogens (tertiary/aromatic N) is 2. The van der Waals surface area contributed by atoms with Crippen molar-refractivity contribution in [1.29, 1.82) is 0 Å². The molecule has 1 N–H and O–H groups in total. The summed E-state index contributed by atoms with van der Waals surface area (Å²) < 4.78 is 32.1. The highest BCUT2D eigenvalue weighted by molar-refractivity contribution is 5.94. The van der Waals surface area contributed by atoms with Crippen LogP contribution in [0.4, 0.5) is 19.3 Å². The van der Waals surface area contributed by atoms with Crippen LogP contribution in [0.15, 0.2) is 42.5 Å². The Morgan fingerprint density at radius 1 is 0.963 bits per heavy atom. The third-order valence-electron chi connectivity index (χ3n) is 4.33. The summed E-state index contributed by atoms with van der Waals surface area (Å²) in [6, 6.07) is 10.4. The molecule has 0 radical (unpaired) electrons. The van der Waals surface area contributed by atoms with Gasteiger partial charge < -0.3 is 19.9 Å². The van der Waals surface area contributed by atoms with Gasteiger partial charge in [-0.05, 0) is 12.1 Å². The summed E-state index contributed by atoms with van der Waals surface area (Å²) in [4.78, 5) is 27.9. The van der Waals surface area contributed by atoms with Crippen molar-refractivity contribution in [3.63, 3.8) is 0 Å². The van der Waals surface area contributed by atoms with Crippen LogP contribution in [-0.4, -0.2) is 55.0 Å². The summed E-state index contributed by atoms with van der Waals surface area (Å²) in [5.74, 6) is -2.38. The fraction of sp³-hybridized carbons (Fsp3) is 0.263. The first kappa shape index (κ1) is 18.6. The Morgan fingerprint density at radius 2 is 1.52 bits per heavy atom. The average molecular weight is 375 g/mol. The summed E-state index contributed by atoms with van der Waals surface area (Å²) in [5.41, 5.74) is 0.596. The van der Waals surface area contributed by atoms with Crippen LogP contribution < -0.4 is 10.1 Å². The molecule has 0 bridgehead atoms. The van der Waals surface area contributed by atoms with Crippen molar-refractivity contribution < 1.29 is 23.1 Å². The van der Waals surface area contributed by atoms with Gasteiger partial charge in [0.2, 0.25) is 0 Å². The van der Waals surface area contributed by atoms with Crippen molar-refractivity contribution in [2.45, 2.75) is 0 Å². The van der Waals surface area contributed by atoms with Crippen LogP contribution in [-0.2, 0) is 0 Å². The van der Waals surface area contributed by atoms with Gasteiger partial charge in [-0.1, -0.05) is 18.2 Å². The number of rotatable bonds is 3. The highest BCUT2D eigenvalue weighted by Gasteiger charge is 2.25. The lowest BCUT2D eigenvalue weighted by Gasteiger charge is -2.34. The normalized spacial score (nSPS) is 14.0. The van der Waals surface area contributed by atoms with Gasteiger partial charge in [0.1, 0.15) is 0 Å². The molecule has 0 saturated carbocycles. The van der Waals surface area contributed by atoms with Crippen molar-refractivity contribution in [3.05, 3.63) is 59.7 Å². The van der Waals surface area contributed by atoms with Gasteiger partial charge in [-0.15, -0.1) is 0 Å². The zero-order chi connectivity index (χ0) is 19.4. The Balaban J connectivity index is 1.58. The number of urea groups is 1. The Morgan fingerprint density at radius 3 is 2.07 bits per heavy atom. The van der Waals surface area contributed by atoms with Gasteiger partial charge in [-0.25, -0.2) is 13.6 Å². The Labute approximate surface area is 155 Å². The number of nitrogens with one attached hydrogen (secondary N) is 1. The minimum absolute atomic E-state index is 0.00130. The average Bonchev–Trinajstić information content (AvgIpc) is 2.68. The summed E-state index contributed by atoms with van der Waals surface area (Å²) in [6.07, 6.45) is 0. The number of hydrogen-bond donors (Lipinski definition) is 1. The zero-order valence-corrected chi connectivity index (χ0v) is 14.7. The molecule has 0 aromatic heterocycles.